The molecular weight excluding hydrogens is 370 g/mol. The summed E-state index contributed by atoms with van der Waals surface area (Å²) in [6.45, 7) is 6.31. The topological polar surface area (TPSA) is 54.9 Å². The Bertz CT molecular complexity index is 1140. The minimum atomic E-state index is -0.679. The highest BCUT2D eigenvalue weighted by atomic mass is 35.5. The number of amides is 1. The zero-order valence-electron chi connectivity index (χ0n) is 16.2. The third-order valence-electron chi connectivity index (χ3n) is 6.93. The number of benzene rings is 2. The molecule has 28 heavy (non-hydrogen) atoms. The van der Waals surface area contributed by atoms with Crippen molar-refractivity contribution in [2.75, 3.05) is 5.32 Å². The molecule has 0 radical (unpaired) electrons. The van der Waals surface area contributed by atoms with E-state index >= 15 is 0 Å². The Labute approximate surface area is 169 Å². The summed E-state index contributed by atoms with van der Waals surface area (Å²) in [4.78, 5) is 23.6. The van der Waals surface area contributed by atoms with Crippen LogP contribution in [-0.4, -0.2) is 15.9 Å². The average Bonchev–Trinajstić information content (AvgIpc) is 3.05. The van der Waals surface area contributed by atoms with Gasteiger partial charge in [0.1, 0.15) is 0 Å². The lowest BCUT2D eigenvalue weighted by Gasteiger charge is -2.36. The van der Waals surface area contributed by atoms with Crippen LogP contribution in [0.2, 0.25) is 5.02 Å². The van der Waals surface area contributed by atoms with Crippen molar-refractivity contribution in [3.63, 3.8) is 0 Å². The van der Waals surface area contributed by atoms with Crippen molar-refractivity contribution in [2.45, 2.75) is 44.9 Å². The van der Waals surface area contributed by atoms with Crippen LogP contribution in [0.5, 0.6) is 0 Å². The number of nitrogens with one attached hydrogen (secondary N) is 1. The SMILES string of the molecule is Cc1ccc(NC(=O)C23CCC(c4nc5ccccc5nc42)C3(C)C)cc1Cl. The van der Waals surface area contributed by atoms with Crippen LogP contribution in [0.1, 0.15) is 49.6 Å². The van der Waals surface area contributed by atoms with Crippen molar-refractivity contribution in [3.05, 3.63) is 64.4 Å². The minimum Gasteiger partial charge on any atom is -0.325 e. The van der Waals surface area contributed by atoms with E-state index in [1.54, 1.807) is 0 Å². The minimum absolute atomic E-state index is 0.0109. The number of nitrogens with zero attached hydrogens (tertiary/aromatic N) is 2. The molecule has 1 fully saturated rings. The van der Waals surface area contributed by atoms with Crippen molar-refractivity contribution >= 4 is 34.2 Å². The van der Waals surface area contributed by atoms with Gasteiger partial charge >= 0.3 is 0 Å². The van der Waals surface area contributed by atoms with Crippen LogP contribution in [0.4, 0.5) is 5.69 Å². The number of halogens is 1. The molecular formula is C23H22ClN3O. The smallest absolute Gasteiger partial charge is 0.237 e. The van der Waals surface area contributed by atoms with Gasteiger partial charge in [-0.1, -0.05) is 43.6 Å². The zero-order valence-corrected chi connectivity index (χ0v) is 17.0. The number of carbonyl (C=O) groups excluding carboxylic acids is 1. The Balaban J connectivity index is 1.64. The standard InChI is InChI=1S/C23H22ClN3O/c1-13-8-9-14(12-16(13)24)25-21(28)23-11-10-15(22(23,2)3)19-20(23)27-18-7-5-4-6-17(18)26-19/h4-9,12,15H,10-11H2,1-3H3,(H,25,28). The highest BCUT2D eigenvalue weighted by Gasteiger charge is 2.67. The summed E-state index contributed by atoms with van der Waals surface area (Å²) in [6.07, 6.45) is 1.74. The number of carbonyl (C=O) groups is 1. The molecule has 2 atom stereocenters. The van der Waals surface area contributed by atoms with Gasteiger partial charge in [-0.2, -0.15) is 0 Å². The Hall–Kier alpha value is -2.46. The van der Waals surface area contributed by atoms with Crippen molar-refractivity contribution in [3.8, 4) is 0 Å². The second-order valence-electron chi connectivity index (χ2n) is 8.58. The first-order valence-corrected chi connectivity index (χ1v) is 10.1. The molecule has 2 bridgehead atoms. The quantitative estimate of drug-likeness (QED) is 0.637. The Morgan fingerprint density at radius 2 is 1.86 bits per heavy atom. The fraction of sp³-hybridized carbons (Fsp3) is 0.348. The van der Waals surface area contributed by atoms with E-state index in [0.29, 0.717) is 5.02 Å². The van der Waals surface area contributed by atoms with E-state index in [9.17, 15) is 4.79 Å². The normalized spacial score (nSPS) is 24.4. The fourth-order valence-corrected chi connectivity index (χ4v) is 5.42. The largest absolute Gasteiger partial charge is 0.325 e. The van der Waals surface area contributed by atoms with Crippen LogP contribution in [-0.2, 0) is 10.2 Å². The molecule has 0 saturated heterocycles. The number of aromatic nitrogens is 2. The van der Waals surface area contributed by atoms with Crippen LogP contribution in [0.25, 0.3) is 11.0 Å². The molecule has 5 heteroatoms. The number of anilines is 1. The molecule has 5 rings (SSSR count). The molecule has 2 aromatic carbocycles. The lowest BCUT2D eigenvalue weighted by Crippen LogP contribution is -2.46. The number of rotatable bonds is 2. The second-order valence-corrected chi connectivity index (χ2v) is 8.99. The molecule has 0 spiro atoms. The van der Waals surface area contributed by atoms with Gasteiger partial charge in [-0.3, -0.25) is 4.79 Å². The first kappa shape index (κ1) is 17.6. The Kier molecular flexibility index (Phi) is 3.63. The third kappa shape index (κ3) is 2.15. The summed E-state index contributed by atoms with van der Waals surface area (Å²) in [5.74, 6) is 0.232. The molecule has 1 saturated carbocycles. The van der Waals surface area contributed by atoms with Crippen molar-refractivity contribution in [1.29, 1.82) is 0 Å². The van der Waals surface area contributed by atoms with Gasteiger partial charge in [0.05, 0.1) is 27.8 Å². The van der Waals surface area contributed by atoms with Gasteiger partial charge in [0.25, 0.3) is 0 Å². The number of fused-ring (bicyclic) bond motifs is 6. The van der Waals surface area contributed by atoms with Crippen LogP contribution in [0, 0.1) is 12.3 Å². The van der Waals surface area contributed by atoms with Crippen molar-refractivity contribution in [2.24, 2.45) is 5.41 Å². The van der Waals surface area contributed by atoms with E-state index in [4.69, 9.17) is 21.6 Å². The lowest BCUT2D eigenvalue weighted by molar-refractivity contribution is -0.124. The second kappa shape index (κ2) is 5.77. The van der Waals surface area contributed by atoms with Gasteiger partial charge < -0.3 is 5.32 Å². The summed E-state index contributed by atoms with van der Waals surface area (Å²) in [5, 5.41) is 3.77. The average molecular weight is 392 g/mol. The van der Waals surface area contributed by atoms with Crippen LogP contribution in [0.3, 0.4) is 0 Å². The Morgan fingerprint density at radius 1 is 1.14 bits per heavy atom. The van der Waals surface area contributed by atoms with Crippen molar-refractivity contribution in [1.82, 2.24) is 9.97 Å². The predicted octanol–water partition coefficient (Wildman–Crippen LogP) is 5.39. The molecule has 2 aliphatic carbocycles. The number of aryl methyl sites for hydroxylation is 1. The van der Waals surface area contributed by atoms with Gasteiger partial charge in [-0.25, -0.2) is 9.97 Å². The molecule has 2 unspecified atom stereocenters. The summed E-state index contributed by atoms with van der Waals surface area (Å²) in [5.41, 5.74) is 4.36. The van der Waals surface area contributed by atoms with Gasteiger partial charge in [-0.15, -0.1) is 0 Å². The maximum Gasteiger partial charge on any atom is 0.237 e. The summed E-state index contributed by atoms with van der Waals surface area (Å²) in [7, 11) is 0. The number of hydrogen-bond donors (Lipinski definition) is 1. The van der Waals surface area contributed by atoms with E-state index in [2.05, 4.69) is 19.2 Å². The van der Waals surface area contributed by atoms with Gasteiger partial charge in [0.2, 0.25) is 5.91 Å². The predicted molar refractivity (Wildman–Crippen MR) is 112 cm³/mol. The zero-order chi connectivity index (χ0) is 19.7. The molecule has 0 aliphatic heterocycles. The van der Waals surface area contributed by atoms with Crippen molar-refractivity contribution < 1.29 is 4.79 Å². The monoisotopic (exact) mass is 391 g/mol. The molecule has 4 nitrogen and oxygen atoms in total. The Morgan fingerprint density at radius 3 is 2.57 bits per heavy atom. The molecule has 1 amide bonds. The highest BCUT2D eigenvalue weighted by molar-refractivity contribution is 6.31. The van der Waals surface area contributed by atoms with Crippen LogP contribution < -0.4 is 5.32 Å². The third-order valence-corrected chi connectivity index (χ3v) is 7.34. The van der Waals surface area contributed by atoms with E-state index < -0.39 is 5.41 Å². The maximum absolute atomic E-state index is 13.7. The molecule has 2 aliphatic rings. The summed E-state index contributed by atoms with van der Waals surface area (Å²) < 4.78 is 0. The van der Waals surface area contributed by atoms with E-state index in [-0.39, 0.29) is 17.2 Å². The van der Waals surface area contributed by atoms with Crippen LogP contribution >= 0.6 is 11.6 Å². The van der Waals surface area contributed by atoms with E-state index in [1.165, 1.54) is 0 Å². The van der Waals surface area contributed by atoms with E-state index in [1.807, 2.05) is 49.4 Å². The van der Waals surface area contributed by atoms with Crippen LogP contribution in [0.15, 0.2) is 42.5 Å². The van der Waals surface area contributed by atoms with Gasteiger partial charge in [-0.05, 0) is 55.0 Å². The van der Waals surface area contributed by atoms with E-state index in [0.717, 1.165) is 46.5 Å². The summed E-state index contributed by atoms with van der Waals surface area (Å²) in [6, 6.07) is 13.5. The van der Waals surface area contributed by atoms with Gasteiger partial charge in [0.15, 0.2) is 0 Å². The molecule has 1 heterocycles. The maximum atomic E-state index is 13.7. The first-order chi connectivity index (χ1) is 13.3. The first-order valence-electron chi connectivity index (χ1n) is 9.69. The molecule has 1 aromatic heterocycles. The highest BCUT2D eigenvalue weighted by Crippen LogP contribution is 2.67. The van der Waals surface area contributed by atoms with Gasteiger partial charge in [0, 0.05) is 16.6 Å². The molecule has 1 N–H and O–H groups in total. The number of hydrogen-bond acceptors (Lipinski definition) is 3. The fourth-order valence-electron chi connectivity index (χ4n) is 5.24. The molecule has 3 aromatic rings. The molecule has 142 valence electrons. The lowest BCUT2D eigenvalue weighted by atomic mass is 9.67. The summed E-state index contributed by atoms with van der Waals surface area (Å²) >= 11 is 6.26. The number of para-hydroxylation sites is 2.